The van der Waals surface area contributed by atoms with E-state index in [1.807, 2.05) is 22.8 Å². The zero-order chi connectivity index (χ0) is 18.9. The standard InChI is InChI=1S/C20H21N7O/c1-28-15-9-7-13(8-10-15)16-11-21-20-17(19-23-25-26-24-19)12-22-27(20)18(16)14-5-3-2-4-6-14/h7-12,14H,2-6H2,1H3,(H,23,24,25,26). The minimum absolute atomic E-state index is 0.453. The largest absolute Gasteiger partial charge is 0.497 e. The van der Waals surface area contributed by atoms with E-state index in [0.29, 0.717) is 11.7 Å². The second-order valence-electron chi connectivity index (χ2n) is 7.15. The molecule has 5 rings (SSSR count). The molecule has 142 valence electrons. The number of hydrogen-bond donors (Lipinski definition) is 1. The van der Waals surface area contributed by atoms with E-state index in [1.165, 1.54) is 37.8 Å². The zero-order valence-electron chi connectivity index (χ0n) is 15.7. The SMILES string of the molecule is COc1ccc(-c2cnc3c(-c4nn[nH]n4)cnn3c2C2CCCCC2)cc1. The molecule has 1 N–H and O–H groups in total. The monoisotopic (exact) mass is 375 g/mol. The average Bonchev–Trinajstić information content (AvgIpc) is 3.43. The molecule has 1 saturated carbocycles. The van der Waals surface area contributed by atoms with E-state index in [-0.39, 0.29) is 0 Å². The average molecular weight is 375 g/mol. The molecule has 28 heavy (non-hydrogen) atoms. The van der Waals surface area contributed by atoms with Gasteiger partial charge in [-0.3, -0.25) is 0 Å². The highest BCUT2D eigenvalue weighted by molar-refractivity contribution is 5.75. The maximum absolute atomic E-state index is 5.31. The van der Waals surface area contributed by atoms with E-state index >= 15 is 0 Å². The molecule has 0 unspecified atom stereocenters. The molecule has 1 fully saturated rings. The van der Waals surface area contributed by atoms with Gasteiger partial charge in [0.25, 0.3) is 0 Å². The molecule has 0 radical (unpaired) electrons. The summed E-state index contributed by atoms with van der Waals surface area (Å²) in [5.74, 6) is 1.80. The molecule has 1 aliphatic carbocycles. The number of aromatic nitrogens is 7. The van der Waals surface area contributed by atoms with Crippen molar-refractivity contribution in [1.29, 1.82) is 0 Å². The lowest BCUT2D eigenvalue weighted by Crippen LogP contribution is -2.12. The normalized spacial score (nSPS) is 15.2. The summed E-state index contributed by atoms with van der Waals surface area (Å²) < 4.78 is 7.28. The third kappa shape index (κ3) is 2.81. The van der Waals surface area contributed by atoms with Crippen molar-refractivity contribution in [3.63, 3.8) is 0 Å². The topological polar surface area (TPSA) is 93.9 Å². The molecular formula is C20H21N7O. The van der Waals surface area contributed by atoms with Crippen molar-refractivity contribution in [2.75, 3.05) is 7.11 Å². The van der Waals surface area contributed by atoms with Crippen LogP contribution in [0.15, 0.2) is 36.7 Å². The van der Waals surface area contributed by atoms with Crippen LogP contribution in [0.3, 0.4) is 0 Å². The van der Waals surface area contributed by atoms with Gasteiger partial charge in [0.1, 0.15) is 5.75 Å². The molecule has 4 aromatic rings. The lowest BCUT2D eigenvalue weighted by molar-refractivity contribution is 0.415. The van der Waals surface area contributed by atoms with E-state index in [4.69, 9.17) is 9.72 Å². The van der Waals surface area contributed by atoms with Crippen LogP contribution in [0, 0.1) is 0 Å². The van der Waals surface area contributed by atoms with E-state index < -0.39 is 0 Å². The molecular weight excluding hydrogens is 354 g/mol. The summed E-state index contributed by atoms with van der Waals surface area (Å²) in [7, 11) is 1.68. The first-order valence-electron chi connectivity index (χ1n) is 9.60. The Kier molecular flexibility index (Phi) is 4.23. The molecule has 3 heterocycles. The molecule has 0 bridgehead atoms. The van der Waals surface area contributed by atoms with E-state index in [1.54, 1.807) is 13.3 Å². The lowest BCUT2D eigenvalue weighted by Gasteiger charge is -2.25. The van der Waals surface area contributed by atoms with Crippen LogP contribution < -0.4 is 4.74 Å². The number of tetrazole rings is 1. The van der Waals surface area contributed by atoms with Gasteiger partial charge < -0.3 is 4.74 Å². The Morgan fingerprint density at radius 1 is 1.04 bits per heavy atom. The van der Waals surface area contributed by atoms with Crippen molar-refractivity contribution < 1.29 is 4.74 Å². The summed E-state index contributed by atoms with van der Waals surface area (Å²) in [5.41, 5.74) is 4.99. The molecule has 0 spiro atoms. The number of hydrogen-bond acceptors (Lipinski definition) is 6. The number of H-pyrrole nitrogens is 1. The smallest absolute Gasteiger partial charge is 0.210 e. The summed E-state index contributed by atoms with van der Waals surface area (Å²) in [4.78, 5) is 4.72. The second-order valence-corrected chi connectivity index (χ2v) is 7.15. The predicted molar refractivity (Wildman–Crippen MR) is 104 cm³/mol. The lowest BCUT2D eigenvalue weighted by atomic mass is 9.84. The summed E-state index contributed by atoms with van der Waals surface area (Å²) in [6.07, 6.45) is 9.85. The molecule has 3 aromatic heterocycles. The van der Waals surface area contributed by atoms with Gasteiger partial charge in [-0.1, -0.05) is 31.4 Å². The van der Waals surface area contributed by atoms with E-state index in [9.17, 15) is 0 Å². The highest BCUT2D eigenvalue weighted by Crippen LogP contribution is 2.39. The highest BCUT2D eigenvalue weighted by Gasteiger charge is 2.25. The third-order valence-corrected chi connectivity index (χ3v) is 5.54. The maximum atomic E-state index is 5.31. The van der Waals surface area contributed by atoms with Crippen LogP contribution in [-0.4, -0.2) is 42.3 Å². The fourth-order valence-electron chi connectivity index (χ4n) is 4.14. The summed E-state index contributed by atoms with van der Waals surface area (Å²) in [6, 6.07) is 8.13. The van der Waals surface area contributed by atoms with Crippen molar-refractivity contribution >= 4 is 5.65 Å². The summed E-state index contributed by atoms with van der Waals surface area (Å²) >= 11 is 0. The number of fused-ring (bicyclic) bond motifs is 1. The number of methoxy groups -OCH3 is 1. The number of nitrogens with one attached hydrogen (secondary N) is 1. The Morgan fingerprint density at radius 2 is 1.86 bits per heavy atom. The van der Waals surface area contributed by atoms with Gasteiger partial charge in [-0.2, -0.15) is 10.3 Å². The van der Waals surface area contributed by atoms with Gasteiger partial charge in [-0.25, -0.2) is 9.50 Å². The number of nitrogens with zero attached hydrogens (tertiary/aromatic N) is 6. The van der Waals surface area contributed by atoms with Gasteiger partial charge >= 0.3 is 0 Å². The molecule has 8 heteroatoms. The Morgan fingerprint density at radius 3 is 2.57 bits per heavy atom. The molecule has 0 saturated heterocycles. The van der Waals surface area contributed by atoms with Crippen molar-refractivity contribution in [2.24, 2.45) is 0 Å². The molecule has 0 amide bonds. The van der Waals surface area contributed by atoms with E-state index in [0.717, 1.165) is 28.1 Å². The first kappa shape index (κ1) is 16.9. The quantitative estimate of drug-likeness (QED) is 0.585. The Hall–Kier alpha value is -3.29. The summed E-state index contributed by atoms with van der Waals surface area (Å²) in [5, 5.41) is 19.0. The Balaban J connectivity index is 1.70. The van der Waals surface area contributed by atoms with Gasteiger partial charge in [0, 0.05) is 17.7 Å². The third-order valence-electron chi connectivity index (χ3n) is 5.54. The minimum Gasteiger partial charge on any atom is -0.497 e. The van der Waals surface area contributed by atoms with Crippen LogP contribution in [0.25, 0.3) is 28.2 Å². The Labute approximate surface area is 162 Å². The molecule has 1 aliphatic rings. The molecule has 1 aromatic carbocycles. The van der Waals surface area contributed by atoms with Crippen LogP contribution in [0.2, 0.25) is 0 Å². The number of ether oxygens (including phenoxy) is 1. The summed E-state index contributed by atoms with van der Waals surface area (Å²) in [6.45, 7) is 0. The van der Waals surface area contributed by atoms with Crippen LogP contribution in [-0.2, 0) is 0 Å². The maximum Gasteiger partial charge on any atom is 0.210 e. The van der Waals surface area contributed by atoms with Gasteiger partial charge in [-0.05, 0) is 35.8 Å². The van der Waals surface area contributed by atoms with Gasteiger partial charge in [0.05, 0.1) is 24.6 Å². The van der Waals surface area contributed by atoms with Gasteiger partial charge in [0.15, 0.2) is 5.65 Å². The second kappa shape index (κ2) is 7.03. The predicted octanol–water partition coefficient (Wildman–Crippen LogP) is 3.63. The van der Waals surface area contributed by atoms with Crippen molar-refractivity contribution in [2.45, 2.75) is 38.0 Å². The zero-order valence-corrected chi connectivity index (χ0v) is 15.7. The van der Waals surface area contributed by atoms with E-state index in [2.05, 4.69) is 37.9 Å². The highest BCUT2D eigenvalue weighted by atomic mass is 16.5. The molecule has 0 atom stereocenters. The van der Waals surface area contributed by atoms with Crippen LogP contribution >= 0.6 is 0 Å². The Bertz CT molecular complexity index is 1080. The fraction of sp³-hybridized carbons (Fsp3) is 0.350. The fourth-order valence-corrected chi connectivity index (χ4v) is 4.14. The van der Waals surface area contributed by atoms with Crippen molar-refractivity contribution in [3.8, 4) is 28.3 Å². The molecule has 8 nitrogen and oxygen atoms in total. The van der Waals surface area contributed by atoms with Crippen molar-refractivity contribution in [1.82, 2.24) is 35.2 Å². The minimum atomic E-state index is 0.453. The molecule has 0 aliphatic heterocycles. The number of rotatable bonds is 4. The van der Waals surface area contributed by atoms with Crippen LogP contribution in [0.4, 0.5) is 0 Å². The number of benzene rings is 1. The number of aromatic amines is 1. The first-order chi connectivity index (χ1) is 13.8. The van der Waals surface area contributed by atoms with Gasteiger partial charge in [0.2, 0.25) is 5.82 Å². The first-order valence-corrected chi connectivity index (χ1v) is 9.60. The van der Waals surface area contributed by atoms with Crippen LogP contribution in [0.5, 0.6) is 5.75 Å². The van der Waals surface area contributed by atoms with Crippen LogP contribution in [0.1, 0.15) is 43.7 Å². The van der Waals surface area contributed by atoms with Gasteiger partial charge in [-0.15, -0.1) is 10.2 Å². The van der Waals surface area contributed by atoms with Crippen molar-refractivity contribution in [3.05, 3.63) is 42.4 Å².